The van der Waals surface area contributed by atoms with Gasteiger partial charge >= 0.3 is 12.2 Å². The van der Waals surface area contributed by atoms with E-state index in [-0.39, 0.29) is 18.1 Å². The molecule has 1 atom stereocenters. The molecule has 3 nitrogen and oxygen atoms in total. The lowest BCUT2D eigenvalue weighted by atomic mass is 10.1. The van der Waals surface area contributed by atoms with E-state index in [1.165, 1.54) is 5.56 Å². The molecule has 0 amide bonds. The van der Waals surface area contributed by atoms with Gasteiger partial charge in [-0.05, 0) is 18.4 Å². The molecule has 100 valence electrons. The van der Waals surface area contributed by atoms with E-state index in [1.807, 2.05) is 37.6 Å². The Morgan fingerprint density at radius 1 is 1.28 bits per heavy atom. The zero-order valence-corrected chi connectivity index (χ0v) is 12.0. The number of nitrogens with zero attached hydrogens (tertiary/aromatic N) is 1. The third kappa shape index (κ3) is 4.47. The molecule has 0 saturated carbocycles. The van der Waals surface area contributed by atoms with Crippen LogP contribution in [0, 0.1) is 11.8 Å². The van der Waals surface area contributed by atoms with Crippen LogP contribution in [0.5, 0.6) is 0 Å². The van der Waals surface area contributed by atoms with Crippen LogP contribution in [-0.2, 0) is 16.0 Å². The maximum absolute atomic E-state index is 11.6. The summed E-state index contributed by atoms with van der Waals surface area (Å²) in [6.07, 6.45) is 4.76. The molecule has 0 N–H and O–H groups in total. The van der Waals surface area contributed by atoms with Gasteiger partial charge in [0.15, 0.2) is 12.4 Å². The van der Waals surface area contributed by atoms with E-state index < -0.39 is 0 Å². The Morgan fingerprint density at radius 3 is 2.50 bits per heavy atom. The fraction of sp³-hybridized carbons (Fsp3) is 0.600. The number of carbonyl (C=O) groups is 1. The van der Waals surface area contributed by atoms with Crippen molar-refractivity contribution in [3.8, 4) is 0 Å². The fourth-order valence-electron chi connectivity index (χ4n) is 1.73. The van der Waals surface area contributed by atoms with E-state index in [0.717, 1.165) is 6.42 Å². The number of carbonyl (C=O) groups excluding carboxylic acids is 1. The maximum Gasteiger partial charge on any atom is 0.313 e. The van der Waals surface area contributed by atoms with Crippen molar-refractivity contribution in [1.82, 2.24) is 0 Å². The fourth-order valence-corrected chi connectivity index (χ4v) is 1.73. The molecule has 0 bridgehead atoms. The smallest absolute Gasteiger partial charge is 0.313 e. The first-order valence-electron chi connectivity index (χ1n) is 6.60. The van der Waals surface area contributed by atoms with Gasteiger partial charge < -0.3 is 4.74 Å². The standard InChI is InChI=1S/C15H24NO2/c1-11(2)9-14-7-6-8-16(10-14)13(5)18-15(17)12(3)4/h6-8,10-13H,9H2,1-5H3/q+1. The number of aromatic nitrogens is 1. The van der Waals surface area contributed by atoms with Gasteiger partial charge in [-0.25, -0.2) is 0 Å². The largest absolute Gasteiger partial charge is 0.402 e. The summed E-state index contributed by atoms with van der Waals surface area (Å²) in [5.41, 5.74) is 1.26. The predicted molar refractivity (Wildman–Crippen MR) is 70.8 cm³/mol. The molecule has 0 aromatic carbocycles. The molecule has 1 aromatic rings. The summed E-state index contributed by atoms with van der Waals surface area (Å²) in [5.74, 6) is 0.366. The second-order valence-electron chi connectivity index (χ2n) is 5.45. The van der Waals surface area contributed by atoms with Crippen molar-refractivity contribution < 1.29 is 14.1 Å². The van der Waals surface area contributed by atoms with Crippen LogP contribution in [0.3, 0.4) is 0 Å². The van der Waals surface area contributed by atoms with Gasteiger partial charge in [-0.1, -0.05) is 27.7 Å². The van der Waals surface area contributed by atoms with Crippen LogP contribution in [0.25, 0.3) is 0 Å². The SMILES string of the molecule is CC(C)Cc1ccc[n+](C(C)OC(=O)C(C)C)c1. The van der Waals surface area contributed by atoms with Crippen LogP contribution in [0.15, 0.2) is 24.5 Å². The lowest BCUT2D eigenvalue weighted by Gasteiger charge is -2.11. The summed E-state index contributed by atoms with van der Waals surface area (Å²) in [6.45, 7) is 9.96. The molecule has 0 aliphatic carbocycles. The zero-order valence-electron chi connectivity index (χ0n) is 12.0. The maximum atomic E-state index is 11.6. The molecule has 1 rings (SSSR count). The highest BCUT2D eigenvalue weighted by molar-refractivity contribution is 5.71. The van der Waals surface area contributed by atoms with Gasteiger partial charge in [-0.2, -0.15) is 4.57 Å². The normalized spacial score (nSPS) is 12.8. The molecule has 0 spiro atoms. The number of esters is 1. The topological polar surface area (TPSA) is 30.2 Å². The van der Waals surface area contributed by atoms with Gasteiger partial charge in [0.05, 0.1) is 5.92 Å². The van der Waals surface area contributed by atoms with Crippen LogP contribution in [0.1, 0.15) is 46.4 Å². The van der Waals surface area contributed by atoms with Crippen LogP contribution in [0.2, 0.25) is 0 Å². The third-order valence-electron chi connectivity index (χ3n) is 2.71. The number of ether oxygens (including phenoxy) is 1. The molecule has 1 heterocycles. The molecule has 0 saturated heterocycles. The molecule has 0 aliphatic rings. The Balaban J connectivity index is 2.73. The molecular formula is C15H24NO2+. The number of rotatable bonds is 5. The van der Waals surface area contributed by atoms with E-state index in [1.54, 1.807) is 0 Å². The number of hydrogen-bond acceptors (Lipinski definition) is 2. The van der Waals surface area contributed by atoms with E-state index >= 15 is 0 Å². The lowest BCUT2D eigenvalue weighted by molar-refractivity contribution is -0.753. The van der Waals surface area contributed by atoms with Crippen LogP contribution < -0.4 is 4.57 Å². The summed E-state index contributed by atoms with van der Waals surface area (Å²) >= 11 is 0. The van der Waals surface area contributed by atoms with Crippen molar-refractivity contribution in [3.05, 3.63) is 30.1 Å². The first-order chi connectivity index (χ1) is 8.40. The lowest BCUT2D eigenvalue weighted by Crippen LogP contribution is -2.40. The van der Waals surface area contributed by atoms with Gasteiger partial charge in [0.1, 0.15) is 0 Å². The Kier molecular flexibility index (Phi) is 5.32. The van der Waals surface area contributed by atoms with E-state index in [9.17, 15) is 4.79 Å². The third-order valence-corrected chi connectivity index (χ3v) is 2.71. The van der Waals surface area contributed by atoms with E-state index in [2.05, 4.69) is 26.1 Å². The summed E-state index contributed by atoms with van der Waals surface area (Å²) < 4.78 is 7.32. The second kappa shape index (κ2) is 6.53. The van der Waals surface area contributed by atoms with Gasteiger partial charge in [0.2, 0.25) is 0 Å². The van der Waals surface area contributed by atoms with Gasteiger partial charge in [-0.3, -0.25) is 4.79 Å². The Labute approximate surface area is 110 Å². The molecule has 18 heavy (non-hydrogen) atoms. The van der Waals surface area contributed by atoms with Gasteiger partial charge in [0.25, 0.3) is 0 Å². The highest BCUT2D eigenvalue weighted by atomic mass is 16.6. The minimum absolute atomic E-state index is 0.0908. The van der Waals surface area contributed by atoms with Crippen LogP contribution >= 0.6 is 0 Å². The number of pyridine rings is 1. The molecule has 1 aromatic heterocycles. The van der Waals surface area contributed by atoms with E-state index in [4.69, 9.17) is 4.74 Å². The van der Waals surface area contributed by atoms with Crippen molar-refractivity contribution in [2.24, 2.45) is 11.8 Å². The van der Waals surface area contributed by atoms with E-state index in [0.29, 0.717) is 5.92 Å². The zero-order chi connectivity index (χ0) is 13.7. The minimum Gasteiger partial charge on any atom is -0.402 e. The monoisotopic (exact) mass is 250 g/mol. The Bertz CT molecular complexity index is 399. The van der Waals surface area contributed by atoms with Crippen LogP contribution in [0.4, 0.5) is 0 Å². The molecule has 1 unspecified atom stereocenters. The average molecular weight is 250 g/mol. The first-order valence-corrected chi connectivity index (χ1v) is 6.60. The molecule has 0 fully saturated rings. The Morgan fingerprint density at radius 2 is 1.94 bits per heavy atom. The Hall–Kier alpha value is -1.38. The van der Waals surface area contributed by atoms with Crippen molar-refractivity contribution >= 4 is 5.97 Å². The molecular weight excluding hydrogens is 226 g/mol. The van der Waals surface area contributed by atoms with Crippen molar-refractivity contribution in [3.63, 3.8) is 0 Å². The van der Waals surface area contributed by atoms with Crippen molar-refractivity contribution in [2.45, 2.75) is 47.3 Å². The quantitative estimate of drug-likeness (QED) is 0.594. The first kappa shape index (κ1) is 14.7. The minimum atomic E-state index is -0.257. The van der Waals surface area contributed by atoms with Crippen LogP contribution in [-0.4, -0.2) is 5.97 Å². The predicted octanol–water partition coefficient (Wildman–Crippen LogP) is 2.89. The molecule has 0 aliphatic heterocycles. The molecule has 0 radical (unpaired) electrons. The summed E-state index contributed by atoms with van der Waals surface area (Å²) in [4.78, 5) is 11.6. The summed E-state index contributed by atoms with van der Waals surface area (Å²) in [5, 5.41) is 0. The average Bonchev–Trinajstić information content (AvgIpc) is 2.28. The van der Waals surface area contributed by atoms with Gasteiger partial charge in [0, 0.05) is 18.6 Å². The van der Waals surface area contributed by atoms with Crippen molar-refractivity contribution in [2.75, 3.05) is 0 Å². The second-order valence-corrected chi connectivity index (χ2v) is 5.45. The summed E-state index contributed by atoms with van der Waals surface area (Å²) in [6, 6.07) is 4.10. The summed E-state index contributed by atoms with van der Waals surface area (Å²) in [7, 11) is 0. The highest BCUT2D eigenvalue weighted by Gasteiger charge is 2.19. The van der Waals surface area contributed by atoms with Gasteiger partial charge in [-0.15, -0.1) is 0 Å². The number of hydrogen-bond donors (Lipinski definition) is 0. The highest BCUT2D eigenvalue weighted by Crippen LogP contribution is 2.08. The van der Waals surface area contributed by atoms with Crippen molar-refractivity contribution in [1.29, 1.82) is 0 Å². The molecule has 3 heteroatoms.